The fourth-order valence-corrected chi connectivity index (χ4v) is 4.29. The van der Waals surface area contributed by atoms with E-state index in [-0.39, 0.29) is 30.2 Å². The van der Waals surface area contributed by atoms with E-state index in [1.807, 2.05) is 0 Å². The van der Waals surface area contributed by atoms with Crippen LogP contribution in [0.1, 0.15) is 43.5 Å². The van der Waals surface area contributed by atoms with E-state index in [0.717, 1.165) is 12.8 Å². The number of rotatable bonds is 7. The third-order valence-electron chi connectivity index (χ3n) is 5.34. The van der Waals surface area contributed by atoms with Crippen molar-refractivity contribution in [1.29, 1.82) is 0 Å². The second-order valence-electron chi connectivity index (χ2n) is 7.59. The monoisotopic (exact) mass is 406 g/mol. The van der Waals surface area contributed by atoms with E-state index in [1.165, 1.54) is 23.1 Å². The summed E-state index contributed by atoms with van der Waals surface area (Å²) in [5.74, 6) is 0.363. The van der Waals surface area contributed by atoms with E-state index in [2.05, 4.69) is 19.2 Å². The van der Waals surface area contributed by atoms with E-state index in [1.54, 1.807) is 38.4 Å². The first-order valence-electron chi connectivity index (χ1n) is 9.68. The molecule has 0 unspecified atom stereocenters. The molecule has 154 valence electrons. The molecule has 1 N–H and O–H groups in total. The SMILES string of the molecule is C[C@H]1[C@@H](NC(=O)COC(=O)c2ccccc2SCC(=O)N(C)C)CCC[C@@H]1C. The topological polar surface area (TPSA) is 75.7 Å². The standard InChI is InChI=1S/C21H30N2O4S/c1-14-8-7-10-17(15(14)2)22-19(24)12-27-21(26)16-9-5-6-11-18(16)28-13-20(25)23(3)4/h5-6,9,11,14-15,17H,7-8,10,12-13H2,1-4H3,(H,22,24)/t14-,15+,17-/m0/s1. The molecule has 1 aliphatic carbocycles. The number of amides is 2. The Morgan fingerprint density at radius 2 is 1.89 bits per heavy atom. The maximum atomic E-state index is 12.4. The first-order valence-corrected chi connectivity index (χ1v) is 10.7. The number of benzene rings is 1. The molecule has 1 aliphatic rings. The molecule has 0 aromatic heterocycles. The van der Waals surface area contributed by atoms with Crippen molar-refractivity contribution in [1.82, 2.24) is 10.2 Å². The number of hydrogen-bond acceptors (Lipinski definition) is 5. The lowest BCUT2D eigenvalue weighted by atomic mass is 9.78. The summed E-state index contributed by atoms with van der Waals surface area (Å²) in [7, 11) is 3.38. The minimum absolute atomic E-state index is 0.0385. The van der Waals surface area contributed by atoms with Crippen LogP contribution in [0.2, 0.25) is 0 Å². The molecule has 2 rings (SSSR count). The van der Waals surface area contributed by atoms with Crippen molar-refractivity contribution in [2.45, 2.75) is 44.0 Å². The predicted molar refractivity (Wildman–Crippen MR) is 110 cm³/mol. The van der Waals surface area contributed by atoms with E-state index < -0.39 is 5.97 Å². The Kier molecular flexibility index (Phi) is 8.35. The predicted octanol–water partition coefficient (Wildman–Crippen LogP) is 2.96. The molecule has 0 bridgehead atoms. The average molecular weight is 407 g/mol. The van der Waals surface area contributed by atoms with Crippen LogP contribution in [0.5, 0.6) is 0 Å². The molecule has 7 heteroatoms. The Labute approximate surface area is 171 Å². The number of ether oxygens (including phenoxy) is 1. The highest BCUT2D eigenvalue weighted by Gasteiger charge is 2.28. The average Bonchev–Trinajstić information content (AvgIpc) is 2.68. The van der Waals surface area contributed by atoms with Gasteiger partial charge in [-0.1, -0.05) is 38.8 Å². The largest absolute Gasteiger partial charge is 0.452 e. The molecular weight excluding hydrogens is 376 g/mol. The van der Waals surface area contributed by atoms with Gasteiger partial charge in [-0.05, 0) is 30.4 Å². The van der Waals surface area contributed by atoms with Gasteiger partial charge >= 0.3 is 5.97 Å². The van der Waals surface area contributed by atoms with Crippen LogP contribution in [0.25, 0.3) is 0 Å². The minimum Gasteiger partial charge on any atom is -0.452 e. The molecule has 0 aliphatic heterocycles. The Hall–Kier alpha value is -2.02. The number of nitrogens with one attached hydrogen (secondary N) is 1. The first kappa shape index (κ1) is 22.3. The number of hydrogen-bond donors (Lipinski definition) is 1. The van der Waals surface area contributed by atoms with Crippen molar-refractivity contribution in [3.05, 3.63) is 29.8 Å². The van der Waals surface area contributed by atoms with E-state index >= 15 is 0 Å². The summed E-state index contributed by atoms with van der Waals surface area (Å²) in [5, 5.41) is 3.00. The van der Waals surface area contributed by atoms with Crippen LogP contribution in [0, 0.1) is 11.8 Å². The van der Waals surface area contributed by atoms with Crippen LogP contribution in [0.3, 0.4) is 0 Å². The molecule has 28 heavy (non-hydrogen) atoms. The highest BCUT2D eigenvalue weighted by atomic mass is 32.2. The third-order valence-corrected chi connectivity index (χ3v) is 6.40. The molecule has 3 atom stereocenters. The Morgan fingerprint density at radius 3 is 2.61 bits per heavy atom. The molecule has 0 spiro atoms. The van der Waals surface area contributed by atoms with Crippen molar-refractivity contribution in [3.63, 3.8) is 0 Å². The summed E-state index contributed by atoms with van der Waals surface area (Å²) in [5.41, 5.74) is 0.367. The van der Waals surface area contributed by atoms with Gasteiger partial charge in [0.1, 0.15) is 0 Å². The van der Waals surface area contributed by atoms with Crippen LogP contribution >= 0.6 is 11.8 Å². The highest BCUT2D eigenvalue weighted by Crippen LogP contribution is 2.29. The molecule has 1 saturated carbocycles. The highest BCUT2D eigenvalue weighted by molar-refractivity contribution is 8.00. The van der Waals surface area contributed by atoms with Crippen molar-refractivity contribution in [2.24, 2.45) is 11.8 Å². The normalized spacial score (nSPS) is 21.6. The number of carbonyl (C=O) groups is 3. The lowest BCUT2D eigenvalue weighted by Gasteiger charge is -2.34. The van der Waals surface area contributed by atoms with Crippen LogP contribution in [0.15, 0.2) is 29.2 Å². The molecular formula is C21H30N2O4S. The van der Waals surface area contributed by atoms with Crippen molar-refractivity contribution < 1.29 is 19.1 Å². The Bertz CT molecular complexity index is 707. The minimum atomic E-state index is -0.555. The smallest absolute Gasteiger partial charge is 0.339 e. The van der Waals surface area contributed by atoms with Crippen molar-refractivity contribution in [2.75, 3.05) is 26.5 Å². The van der Waals surface area contributed by atoms with Gasteiger partial charge in [-0.2, -0.15) is 0 Å². The van der Waals surface area contributed by atoms with Gasteiger partial charge in [-0.25, -0.2) is 4.79 Å². The summed E-state index contributed by atoms with van der Waals surface area (Å²) < 4.78 is 5.23. The first-order chi connectivity index (χ1) is 13.3. The van der Waals surface area contributed by atoms with Crippen LogP contribution in [-0.2, 0) is 14.3 Å². The lowest BCUT2D eigenvalue weighted by molar-refractivity contribution is -0.126. The maximum absolute atomic E-state index is 12.4. The quantitative estimate of drug-likeness (QED) is 0.557. The van der Waals surface area contributed by atoms with Gasteiger partial charge in [-0.15, -0.1) is 11.8 Å². The zero-order valence-electron chi connectivity index (χ0n) is 17.1. The molecule has 0 saturated heterocycles. The number of thioether (sulfide) groups is 1. The summed E-state index contributed by atoms with van der Waals surface area (Å²) >= 11 is 1.28. The molecule has 0 radical (unpaired) electrons. The van der Waals surface area contributed by atoms with Crippen LogP contribution in [-0.4, -0.2) is 55.2 Å². The van der Waals surface area contributed by atoms with Gasteiger partial charge < -0.3 is 15.0 Å². The van der Waals surface area contributed by atoms with Gasteiger partial charge in [0, 0.05) is 25.0 Å². The van der Waals surface area contributed by atoms with Crippen LogP contribution in [0.4, 0.5) is 0 Å². The third kappa shape index (κ3) is 6.26. The van der Waals surface area contributed by atoms with E-state index in [0.29, 0.717) is 22.3 Å². The fraction of sp³-hybridized carbons (Fsp3) is 0.571. The number of esters is 1. The molecule has 0 heterocycles. The molecule has 1 aromatic carbocycles. The van der Waals surface area contributed by atoms with Gasteiger partial charge in [0.2, 0.25) is 5.91 Å². The summed E-state index contributed by atoms with van der Waals surface area (Å²) in [6, 6.07) is 7.09. The molecule has 2 amide bonds. The van der Waals surface area contributed by atoms with E-state index in [4.69, 9.17) is 4.74 Å². The van der Waals surface area contributed by atoms with Crippen molar-refractivity contribution >= 4 is 29.5 Å². The fourth-order valence-electron chi connectivity index (χ4n) is 3.27. The lowest BCUT2D eigenvalue weighted by Crippen LogP contribution is -2.45. The molecule has 6 nitrogen and oxygen atoms in total. The molecule has 1 fully saturated rings. The number of nitrogens with zero attached hydrogens (tertiary/aromatic N) is 1. The van der Waals surface area contributed by atoms with Gasteiger partial charge in [-0.3, -0.25) is 9.59 Å². The van der Waals surface area contributed by atoms with Gasteiger partial charge in [0.05, 0.1) is 11.3 Å². The second-order valence-corrected chi connectivity index (χ2v) is 8.61. The zero-order chi connectivity index (χ0) is 20.7. The summed E-state index contributed by atoms with van der Waals surface area (Å²) in [6.07, 6.45) is 3.25. The zero-order valence-corrected chi connectivity index (χ0v) is 17.9. The summed E-state index contributed by atoms with van der Waals surface area (Å²) in [4.78, 5) is 38.6. The van der Waals surface area contributed by atoms with Gasteiger partial charge in [0.15, 0.2) is 6.61 Å². The van der Waals surface area contributed by atoms with Gasteiger partial charge in [0.25, 0.3) is 5.91 Å². The Balaban J connectivity index is 1.89. The molecule has 1 aromatic rings. The van der Waals surface area contributed by atoms with Crippen LogP contribution < -0.4 is 5.32 Å². The van der Waals surface area contributed by atoms with E-state index in [9.17, 15) is 14.4 Å². The second kappa shape index (κ2) is 10.5. The van der Waals surface area contributed by atoms with Crippen molar-refractivity contribution in [3.8, 4) is 0 Å². The maximum Gasteiger partial charge on any atom is 0.339 e. The Morgan fingerprint density at radius 1 is 1.18 bits per heavy atom. The number of carbonyl (C=O) groups excluding carboxylic acids is 3. The summed E-state index contributed by atoms with van der Waals surface area (Å²) in [6.45, 7) is 4.06.